The normalized spacial score (nSPS) is 14.6. The highest BCUT2D eigenvalue weighted by molar-refractivity contribution is 5.53. The maximum absolute atomic E-state index is 4.27. The number of rotatable bonds is 4. The van der Waals surface area contributed by atoms with Crippen molar-refractivity contribution in [3.63, 3.8) is 0 Å². The van der Waals surface area contributed by atoms with Crippen molar-refractivity contribution in [3.05, 3.63) is 24.0 Å². The molecule has 0 atom stereocenters. The second-order valence-electron chi connectivity index (χ2n) is 4.12. The van der Waals surface area contributed by atoms with Crippen molar-refractivity contribution < 1.29 is 0 Å². The van der Waals surface area contributed by atoms with Crippen LogP contribution in [0.5, 0.6) is 0 Å². The smallest absolute Gasteiger partial charge is 0.224 e. The van der Waals surface area contributed by atoms with Gasteiger partial charge in [0.15, 0.2) is 5.82 Å². The molecule has 88 valence electrons. The van der Waals surface area contributed by atoms with Gasteiger partial charge in [0.25, 0.3) is 0 Å². The van der Waals surface area contributed by atoms with E-state index < -0.39 is 0 Å². The van der Waals surface area contributed by atoms with Gasteiger partial charge in [-0.05, 0) is 18.9 Å². The minimum Gasteiger partial charge on any atom is -0.357 e. The van der Waals surface area contributed by atoms with Crippen molar-refractivity contribution in [1.82, 2.24) is 20.2 Å². The molecule has 0 aliphatic heterocycles. The number of hydrogen-bond donors (Lipinski definition) is 3. The first-order chi connectivity index (χ1) is 8.35. The van der Waals surface area contributed by atoms with Gasteiger partial charge in [-0.25, -0.2) is 4.98 Å². The fraction of sp³-hybridized carbons (Fsp3) is 0.364. The van der Waals surface area contributed by atoms with Crippen molar-refractivity contribution in [2.45, 2.75) is 18.8 Å². The van der Waals surface area contributed by atoms with Gasteiger partial charge >= 0.3 is 0 Å². The predicted molar refractivity (Wildman–Crippen MR) is 65.4 cm³/mol. The molecule has 0 aromatic carbocycles. The molecule has 0 bridgehead atoms. The molecule has 0 spiro atoms. The van der Waals surface area contributed by atoms with Crippen molar-refractivity contribution in [2.24, 2.45) is 0 Å². The summed E-state index contributed by atoms with van der Waals surface area (Å²) in [6, 6.07) is 3.85. The van der Waals surface area contributed by atoms with Crippen molar-refractivity contribution in [3.8, 4) is 0 Å². The quantitative estimate of drug-likeness (QED) is 0.747. The van der Waals surface area contributed by atoms with Gasteiger partial charge in [0.05, 0.1) is 0 Å². The second-order valence-corrected chi connectivity index (χ2v) is 4.12. The molecule has 0 saturated heterocycles. The molecule has 2 aromatic rings. The largest absolute Gasteiger partial charge is 0.357 e. The summed E-state index contributed by atoms with van der Waals surface area (Å²) in [5.74, 6) is 2.80. The first-order valence-corrected chi connectivity index (χ1v) is 5.68. The third kappa shape index (κ3) is 2.20. The Bertz CT molecular complexity index is 516. The van der Waals surface area contributed by atoms with Crippen LogP contribution in [-0.4, -0.2) is 27.2 Å². The zero-order valence-corrected chi connectivity index (χ0v) is 9.57. The number of aromatic nitrogens is 4. The Morgan fingerprint density at radius 3 is 3.00 bits per heavy atom. The lowest BCUT2D eigenvalue weighted by atomic mass is 10.3. The molecule has 3 rings (SSSR count). The lowest BCUT2D eigenvalue weighted by Gasteiger charge is -2.02. The van der Waals surface area contributed by atoms with E-state index in [-0.39, 0.29) is 0 Å². The standard InChI is InChI=1S/C11H14N6/c1-12-11-13-5-4-9(15-11)14-10-6-8(16-17-10)7-2-3-7/h4-7H,2-3H2,1H3,(H3,12,13,14,15,16,17). The number of anilines is 3. The third-order valence-corrected chi connectivity index (χ3v) is 2.75. The Balaban J connectivity index is 1.75. The SMILES string of the molecule is CNc1nccc(Nc2cc(C3CC3)[nH]n2)n1. The molecule has 0 amide bonds. The Morgan fingerprint density at radius 2 is 2.24 bits per heavy atom. The third-order valence-electron chi connectivity index (χ3n) is 2.75. The van der Waals surface area contributed by atoms with E-state index in [1.54, 1.807) is 13.2 Å². The van der Waals surface area contributed by atoms with Crippen LogP contribution in [-0.2, 0) is 0 Å². The van der Waals surface area contributed by atoms with Crippen LogP contribution < -0.4 is 10.6 Å². The Labute approximate surface area is 98.9 Å². The Morgan fingerprint density at radius 1 is 1.35 bits per heavy atom. The highest BCUT2D eigenvalue weighted by atomic mass is 15.2. The minimum atomic E-state index is 0.591. The van der Waals surface area contributed by atoms with Crippen LogP contribution >= 0.6 is 0 Å². The molecule has 0 radical (unpaired) electrons. The summed E-state index contributed by atoms with van der Waals surface area (Å²) in [5.41, 5.74) is 1.20. The van der Waals surface area contributed by atoms with Crippen molar-refractivity contribution in [2.75, 3.05) is 17.7 Å². The van der Waals surface area contributed by atoms with Crippen LogP contribution in [0.1, 0.15) is 24.5 Å². The maximum atomic E-state index is 4.27. The van der Waals surface area contributed by atoms with Crippen LogP contribution in [0.3, 0.4) is 0 Å². The summed E-state index contributed by atoms with van der Waals surface area (Å²) >= 11 is 0. The Kier molecular flexibility index (Phi) is 2.40. The van der Waals surface area contributed by atoms with Gasteiger partial charge in [0, 0.05) is 30.9 Å². The molecule has 1 aliphatic carbocycles. The van der Waals surface area contributed by atoms with Gasteiger partial charge in [-0.1, -0.05) is 0 Å². The van der Waals surface area contributed by atoms with Crippen LogP contribution in [0.2, 0.25) is 0 Å². The minimum absolute atomic E-state index is 0.591. The molecule has 2 heterocycles. The molecular formula is C11H14N6. The van der Waals surface area contributed by atoms with Crippen LogP contribution in [0, 0.1) is 0 Å². The van der Waals surface area contributed by atoms with Gasteiger partial charge in [-0.3, -0.25) is 5.10 Å². The summed E-state index contributed by atoms with van der Waals surface area (Å²) in [5, 5.41) is 13.3. The molecule has 17 heavy (non-hydrogen) atoms. The highest BCUT2D eigenvalue weighted by Crippen LogP contribution is 2.39. The summed E-state index contributed by atoms with van der Waals surface area (Å²) < 4.78 is 0. The van der Waals surface area contributed by atoms with E-state index in [2.05, 4.69) is 30.8 Å². The van der Waals surface area contributed by atoms with Crippen LogP contribution in [0.25, 0.3) is 0 Å². The molecule has 0 unspecified atom stereocenters. The number of hydrogen-bond acceptors (Lipinski definition) is 5. The number of nitrogens with zero attached hydrogens (tertiary/aromatic N) is 3. The topological polar surface area (TPSA) is 78.5 Å². The van der Waals surface area contributed by atoms with E-state index in [0.717, 1.165) is 11.6 Å². The average molecular weight is 230 g/mol. The van der Waals surface area contributed by atoms with Crippen LogP contribution in [0.4, 0.5) is 17.6 Å². The highest BCUT2D eigenvalue weighted by Gasteiger charge is 2.25. The zero-order chi connectivity index (χ0) is 11.7. The van der Waals surface area contributed by atoms with Crippen LogP contribution in [0.15, 0.2) is 18.3 Å². The monoisotopic (exact) mass is 230 g/mol. The van der Waals surface area contributed by atoms with Gasteiger partial charge < -0.3 is 10.6 Å². The molecule has 1 saturated carbocycles. The fourth-order valence-electron chi connectivity index (χ4n) is 1.68. The van der Waals surface area contributed by atoms with Crippen molar-refractivity contribution >= 4 is 17.6 Å². The molecule has 6 heteroatoms. The van der Waals surface area contributed by atoms with Crippen molar-refractivity contribution in [1.29, 1.82) is 0 Å². The van der Waals surface area contributed by atoms with E-state index in [1.807, 2.05) is 12.1 Å². The Hall–Kier alpha value is -2.11. The first kappa shape index (κ1) is 10.1. The molecule has 3 N–H and O–H groups in total. The first-order valence-electron chi connectivity index (χ1n) is 5.68. The van der Waals surface area contributed by atoms with Gasteiger partial charge in [0.1, 0.15) is 5.82 Å². The van der Waals surface area contributed by atoms with E-state index >= 15 is 0 Å². The second kappa shape index (κ2) is 4.04. The maximum Gasteiger partial charge on any atom is 0.224 e. The number of H-pyrrole nitrogens is 1. The van der Waals surface area contributed by atoms with Gasteiger partial charge in [-0.15, -0.1) is 0 Å². The molecule has 2 aromatic heterocycles. The lowest BCUT2D eigenvalue weighted by Crippen LogP contribution is -1.99. The summed E-state index contributed by atoms with van der Waals surface area (Å²) in [6.45, 7) is 0. The van der Waals surface area contributed by atoms with E-state index in [1.165, 1.54) is 18.5 Å². The number of nitrogens with one attached hydrogen (secondary N) is 3. The summed E-state index contributed by atoms with van der Waals surface area (Å²) in [6.07, 6.45) is 4.23. The molecule has 1 aliphatic rings. The summed E-state index contributed by atoms with van der Waals surface area (Å²) in [7, 11) is 1.79. The van der Waals surface area contributed by atoms with Gasteiger partial charge in [0.2, 0.25) is 5.95 Å². The summed E-state index contributed by atoms with van der Waals surface area (Å²) in [4.78, 5) is 8.32. The lowest BCUT2D eigenvalue weighted by molar-refractivity contribution is 0.966. The van der Waals surface area contributed by atoms with E-state index in [4.69, 9.17) is 0 Å². The average Bonchev–Trinajstić information content (AvgIpc) is 3.11. The fourth-order valence-corrected chi connectivity index (χ4v) is 1.68. The van der Waals surface area contributed by atoms with E-state index in [9.17, 15) is 0 Å². The number of aromatic amines is 1. The zero-order valence-electron chi connectivity index (χ0n) is 9.57. The molecular weight excluding hydrogens is 216 g/mol. The molecule has 6 nitrogen and oxygen atoms in total. The molecule has 1 fully saturated rings. The van der Waals surface area contributed by atoms with Gasteiger partial charge in [-0.2, -0.15) is 10.1 Å². The van der Waals surface area contributed by atoms with E-state index in [0.29, 0.717) is 11.9 Å². The predicted octanol–water partition coefficient (Wildman–Crippen LogP) is 1.86.